The molecule has 0 amide bonds. The van der Waals surface area contributed by atoms with Gasteiger partial charge in [-0.25, -0.2) is 0 Å². The summed E-state index contributed by atoms with van der Waals surface area (Å²) in [5.74, 6) is 7.32. The van der Waals surface area contributed by atoms with Gasteiger partial charge in [0.2, 0.25) is 0 Å². The van der Waals surface area contributed by atoms with Crippen LogP contribution in [0.3, 0.4) is 0 Å². The zero-order chi connectivity index (χ0) is 9.61. The summed E-state index contributed by atoms with van der Waals surface area (Å²) >= 11 is 0. The van der Waals surface area contributed by atoms with Gasteiger partial charge in [-0.1, -0.05) is 26.7 Å². The molecule has 12 heavy (non-hydrogen) atoms. The summed E-state index contributed by atoms with van der Waals surface area (Å²) in [6.45, 7) is 11.1. The maximum absolute atomic E-state index is 3.34. The van der Waals surface area contributed by atoms with E-state index < -0.39 is 0 Å². The van der Waals surface area contributed by atoms with Crippen molar-refractivity contribution in [1.29, 1.82) is 0 Å². The van der Waals surface area contributed by atoms with Crippen molar-refractivity contribution < 1.29 is 0 Å². The van der Waals surface area contributed by atoms with Crippen molar-refractivity contribution in [2.45, 2.75) is 53.9 Å². The molecule has 0 aliphatic heterocycles. The lowest BCUT2D eigenvalue weighted by Gasteiger charge is -2.19. The summed E-state index contributed by atoms with van der Waals surface area (Å²) in [5, 5.41) is 0. The Morgan fingerprint density at radius 2 is 1.83 bits per heavy atom. The average molecular weight is 166 g/mol. The molecule has 0 bridgehead atoms. The van der Waals surface area contributed by atoms with Gasteiger partial charge < -0.3 is 0 Å². The maximum Gasteiger partial charge on any atom is 0.0260 e. The molecule has 0 aromatic carbocycles. The van der Waals surface area contributed by atoms with Gasteiger partial charge >= 0.3 is 0 Å². The number of rotatable bonds is 3. The molecule has 0 heteroatoms. The van der Waals surface area contributed by atoms with Crippen LogP contribution in [0.25, 0.3) is 0 Å². The van der Waals surface area contributed by atoms with Crippen LogP contribution in [0, 0.1) is 23.2 Å². The van der Waals surface area contributed by atoms with Crippen molar-refractivity contribution >= 4 is 0 Å². The van der Waals surface area contributed by atoms with E-state index in [0.29, 0.717) is 0 Å². The highest BCUT2D eigenvalue weighted by molar-refractivity contribution is 5.08. The Bertz CT molecular complexity index is 164. The van der Waals surface area contributed by atoms with Gasteiger partial charge in [-0.3, -0.25) is 0 Å². The van der Waals surface area contributed by atoms with Crippen LogP contribution in [0.4, 0.5) is 0 Å². The summed E-state index contributed by atoms with van der Waals surface area (Å²) in [7, 11) is 0. The second-order valence-corrected chi connectivity index (χ2v) is 4.53. The third kappa shape index (κ3) is 6.28. The van der Waals surface area contributed by atoms with Gasteiger partial charge in [-0.05, 0) is 32.6 Å². The topological polar surface area (TPSA) is 0 Å². The molecule has 0 nitrogen and oxygen atoms in total. The Hall–Kier alpha value is -0.440. The molecule has 0 fully saturated rings. The minimum absolute atomic E-state index is 0.212. The zero-order valence-corrected chi connectivity index (χ0v) is 9.20. The Morgan fingerprint density at radius 3 is 2.25 bits per heavy atom. The first kappa shape index (κ1) is 11.6. The highest BCUT2D eigenvalue weighted by atomic mass is 14.2. The largest absolute Gasteiger partial charge is 0.103 e. The van der Waals surface area contributed by atoms with Gasteiger partial charge in [-0.15, -0.1) is 5.92 Å². The number of hydrogen-bond acceptors (Lipinski definition) is 0. The molecule has 0 spiro atoms. The Labute approximate surface area is 77.8 Å². The minimum atomic E-state index is 0.212. The van der Waals surface area contributed by atoms with Crippen molar-refractivity contribution in [2.75, 3.05) is 0 Å². The number of hydrogen-bond donors (Lipinski definition) is 0. The van der Waals surface area contributed by atoms with E-state index in [1.165, 1.54) is 12.8 Å². The van der Waals surface area contributed by atoms with E-state index in [2.05, 4.69) is 46.5 Å². The van der Waals surface area contributed by atoms with Crippen LogP contribution >= 0.6 is 0 Å². The van der Waals surface area contributed by atoms with E-state index in [4.69, 9.17) is 0 Å². The van der Waals surface area contributed by atoms with Gasteiger partial charge in [-0.2, -0.15) is 0 Å². The summed E-state index contributed by atoms with van der Waals surface area (Å²) in [5.41, 5.74) is 0.212. The lowest BCUT2D eigenvalue weighted by Crippen LogP contribution is -2.11. The first-order valence-corrected chi connectivity index (χ1v) is 4.98. The first-order valence-electron chi connectivity index (χ1n) is 4.98. The molecule has 0 unspecified atom stereocenters. The van der Waals surface area contributed by atoms with Crippen LogP contribution in [-0.4, -0.2) is 0 Å². The highest BCUT2D eigenvalue weighted by Crippen LogP contribution is 2.23. The van der Waals surface area contributed by atoms with E-state index in [0.717, 1.165) is 12.3 Å². The molecule has 0 saturated heterocycles. The zero-order valence-electron chi connectivity index (χ0n) is 9.20. The molecule has 0 saturated carbocycles. The molecular weight excluding hydrogens is 144 g/mol. The molecule has 0 aromatic heterocycles. The van der Waals surface area contributed by atoms with Crippen molar-refractivity contribution in [3.8, 4) is 11.8 Å². The summed E-state index contributed by atoms with van der Waals surface area (Å²) in [6, 6.07) is 0. The van der Waals surface area contributed by atoms with E-state index in [-0.39, 0.29) is 5.41 Å². The minimum Gasteiger partial charge on any atom is -0.103 e. The van der Waals surface area contributed by atoms with Crippen LogP contribution in [0.2, 0.25) is 0 Å². The van der Waals surface area contributed by atoms with Crippen molar-refractivity contribution in [3.63, 3.8) is 0 Å². The maximum atomic E-state index is 3.34. The molecule has 0 rings (SSSR count). The fourth-order valence-electron chi connectivity index (χ4n) is 1.50. The molecular formula is C12H22. The second kappa shape index (κ2) is 5.25. The third-order valence-electron chi connectivity index (χ3n) is 1.72. The smallest absolute Gasteiger partial charge is 0.0260 e. The van der Waals surface area contributed by atoms with E-state index in [9.17, 15) is 0 Å². The van der Waals surface area contributed by atoms with Gasteiger partial charge in [0.15, 0.2) is 0 Å². The van der Waals surface area contributed by atoms with Crippen LogP contribution in [-0.2, 0) is 0 Å². The molecule has 0 aliphatic rings. The lowest BCUT2D eigenvalue weighted by molar-refractivity contribution is 0.381. The normalized spacial score (nSPS) is 11.2. The van der Waals surface area contributed by atoms with E-state index in [1.54, 1.807) is 0 Å². The predicted molar refractivity (Wildman–Crippen MR) is 55.9 cm³/mol. The van der Waals surface area contributed by atoms with E-state index in [1.807, 2.05) is 0 Å². The predicted octanol–water partition coefficient (Wildman–Crippen LogP) is 3.86. The van der Waals surface area contributed by atoms with Crippen LogP contribution in [0.15, 0.2) is 0 Å². The number of unbranched alkanes of at least 4 members (excludes halogenated alkanes) is 1. The average Bonchev–Trinajstić information content (AvgIpc) is 1.84. The van der Waals surface area contributed by atoms with Crippen molar-refractivity contribution in [3.05, 3.63) is 0 Å². The molecule has 0 atom stereocenters. The highest BCUT2D eigenvalue weighted by Gasteiger charge is 2.15. The molecule has 0 N–H and O–H groups in total. The summed E-state index contributed by atoms with van der Waals surface area (Å²) in [4.78, 5) is 0. The standard InChI is InChI=1S/C12H22/c1-6-7-8-9-12(4,5)10-11(2)3/h11H,6-7,10H2,1-5H3. The molecule has 0 aliphatic carbocycles. The van der Waals surface area contributed by atoms with Gasteiger partial charge in [0.25, 0.3) is 0 Å². The second-order valence-electron chi connectivity index (χ2n) is 4.53. The SMILES string of the molecule is CCCC#CC(C)(C)CC(C)C. The van der Waals surface area contributed by atoms with Crippen molar-refractivity contribution in [1.82, 2.24) is 0 Å². The molecule has 0 radical (unpaired) electrons. The molecule has 0 aromatic rings. The third-order valence-corrected chi connectivity index (χ3v) is 1.72. The van der Waals surface area contributed by atoms with Crippen LogP contribution in [0.1, 0.15) is 53.9 Å². The van der Waals surface area contributed by atoms with Gasteiger partial charge in [0.1, 0.15) is 0 Å². The Morgan fingerprint density at radius 1 is 1.25 bits per heavy atom. The van der Waals surface area contributed by atoms with Gasteiger partial charge in [0.05, 0.1) is 0 Å². The Balaban J connectivity index is 3.96. The quantitative estimate of drug-likeness (QED) is 0.558. The molecule has 0 heterocycles. The summed E-state index contributed by atoms with van der Waals surface area (Å²) in [6.07, 6.45) is 3.41. The van der Waals surface area contributed by atoms with Crippen molar-refractivity contribution in [2.24, 2.45) is 11.3 Å². The van der Waals surface area contributed by atoms with Gasteiger partial charge in [0, 0.05) is 11.8 Å². The van der Waals surface area contributed by atoms with Crippen LogP contribution < -0.4 is 0 Å². The lowest BCUT2D eigenvalue weighted by atomic mass is 9.84. The van der Waals surface area contributed by atoms with Crippen LogP contribution in [0.5, 0.6) is 0 Å². The fraction of sp³-hybridized carbons (Fsp3) is 0.833. The van der Waals surface area contributed by atoms with E-state index >= 15 is 0 Å². The monoisotopic (exact) mass is 166 g/mol. The fourth-order valence-corrected chi connectivity index (χ4v) is 1.50. The molecule has 70 valence electrons. The Kier molecular flexibility index (Phi) is 5.06. The summed E-state index contributed by atoms with van der Waals surface area (Å²) < 4.78 is 0. The first-order chi connectivity index (χ1) is 5.48.